The maximum absolute atomic E-state index is 3.47. The number of nitrogens with one attached hydrogen (secondary N) is 2. The van der Waals surface area contributed by atoms with Crippen LogP contribution < -0.4 is 10.6 Å². The zero-order chi connectivity index (χ0) is 9.45. The monoisotopic (exact) mass is 172 g/mol. The zero-order valence-corrected chi connectivity index (χ0v) is 9.04. The van der Waals surface area contributed by atoms with E-state index in [0.29, 0.717) is 5.54 Å². The molecule has 74 valence electrons. The summed E-state index contributed by atoms with van der Waals surface area (Å²) >= 11 is 0. The molecular formula is C10H24N2. The van der Waals surface area contributed by atoms with Gasteiger partial charge in [0.2, 0.25) is 0 Å². The summed E-state index contributed by atoms with van der Waals surface area (Å²) < 4.78 is 0. The van der Waals surface area contributed by atoms with Crippen LogP contribution in [0.5, 0.6) is 0 Å². The second-order valence-electron chi connectivity index (χ2n) is 3.41. The van der Waals surface area contributed by atoms with Crippen LogP contribution in [0.1, 0.15) is 40.0 Å². The lowest BCUT2D eigenvalue weighted by atomic mass is 9.93. The maximum atomic E-state index is 3.47. The highest BCUT2D eigenvalue weighted by molar-refractivity contribution is 4.85. The number of hydrogen-bond donors (Lipinski definition) is 2. The lowest BCUT2D eigenvalue weighted by molar-refractivity contribution is 0.308. The largest absolute Gasteiger partial charge is 0.315 e. The number of rotatable bonds is 7. The quantitative estimate of drug-likeness (QED) is 0.572. The molecule has 0 aliphatic carbocycles. The van der Waals surface area contributed by atoms with Crippen molar-refractivity contribution in [3.8, 4) is 0 Å². The third-order valence-corrected chi connectivity index (χ3v) is 2.77. The smallest absolute Gasteiger partial charge is 0.0298 e. The summed E-state index contributed by atoms with van der Waals surface area (Å²) in [5.41, 5.74) is 0.315. The Hall–Kier alpha value is -0.0800. The first-order valence-corrected chi connectivity index (χ1v) is 5.14. The van der Waals surface area contributed by atoms with Crippen LogP contribution in [-0.4, -0.2) is 25.7 Å². The van der Waals surface area contributed by atoms with Crippen LogP contribution in [0.2, 0.25) is 0 Å². The fraction of sp³-hybridized carbons (Fsp3) is 1.00. The van der Waals surface area contributed by atoms with Gasteiger partial charge in [-0.15, -0.1) is 0 Å². The molecule has 0 aliphatic heterocycles. The van der Waals surface area contributed by atoms with Gasteiger partial charge in [-0.1, -0.05) is 20.8 Å². The molecule has 0 aromatic heterocycles. The first kappa shape index (κ1) is 11.9. The Bertz CT molecular complexity index is 89.7. The Morgan fingerprint density at radius 2 is 1.67 bits per heavy atom. The predicted molar refractivity (Wildman–Crippen MR) is 55.5 cm³/mol. The third-order valence-electron chi connectivity index (χ3n) is 2.77. The Morgan fingerprint density at radius 3 is 2.00 bits per heavy atom. The molecule has 2 heteroatoms. The van der Waals surface area contributed by atoms with Crippen molar-refractivity contribution in [2.24, 2.45) is 0 Å². The van der Waals surface area contributed by atoms with E-state index in [9.17, 15) is 0 Å². The normalized spacial score (nSPS) is 12.0. The van der Waals surface area contributed by atoms with Gasteiger partial charge in [0.1, 0.15) is 0 Å². The third kappa shape index (κ3) is 3.55. The first-order valence-electron chi connectivity index (χ1n) is 5.14. The van der Waals surface area contributed by atoms with E-state index in [2.05, 4.69) is 38.5 Å². The van der Waals surface area contributed by atoms with Gasteiger partial charge >= 0.3 is 0 Å². The first-order chi connectivity index (χ1) is 5.74. The predicted octanol–water partition coefficient (Wildman–Crippen LogP) is 1.76. The summed E-state index contributed by atoms with van der Waals surface area (Å²) in [4.78, 5) is 0. The van der Waals surface area contributed by atoms with E-state index in [1.807, 2.05) is 0 Å². The lowest BCUT2D eigenvalue weighted by Gasteiger charge is -2.31. The molecule has 0 amide bonds. The van der Waals surface area contributed by atoms with Gasteiger partial charge < -0.3 is 10.6 Å². The Kier molecular flexibility index (Phi) is 6.39. The molecule has 0 spiro atoms. The molecule has 0 saturated heterocycles. The minimum atomic E-state index is 0.315. The van der Waals surface area contributed by atoms with Gasteiger partial charge in [0.15, 0.2) is 0 Å². The average Bonchev–Trinajstić information content (AvgIpc) is 2.14. The van der Waals surface area contributed by atoms with Crippen molar-refractivity contribution in [3.05, 3.63) is 0 Å². The molecule has 12 heavy (non-hydrogen) atoms. The summed E-state index contributed by atoms with van der Waals surface area (Å²) in [6.07, 6.45) is 3.60. The second-order valence-corrected chi connectivity index (χ2v) is 3.41. The molecule has 2 N–H and O–H groups in total. The van der Waals surface area contributed by atoms with Crippen molar-refractivity contribution in [2.45, 2.75) is 45.6 Å². The molecule has 0 heterocycles. The van der Waals surface area contributed by atoms with Gasteiger partial charge in [0, 0.05) is 12.1 Å². The van der Waals surface area contributed by atoms with Crippen molar-refractivity contribution in [1.29, 1.82) is 0 Å². The topological polar surface area (TPSA) is 24.1 Å². The van der Waals surface area contributed by atoms with Crippen LogP contribution in [0.15, 0.2) is 0 Å². The second kappa shape index (κ2) is 6.44. The molecule has 0 radical (unpaired) electrons. The van der Waals surface area contributed by atoms with Crippen LogP contribution in [0.3, 0.4) is 0 Å². The Labute approximate surface area is 77.1 Å². The summed E-state index contributed by atoms with van der Waals surface area (Å²) in [7, 11) is 2.06. The molecule has 0 rings (SSSR count). The molecule has 0 saturated carbocycles. The highest BCUT2D eigenvalue weighted by Gasteiger charge is 2.22. The van der Waals surface area contributed by atoms with Crippen LogP contribution in [-0.2, 0) is 0 Å². The highest BCUT2D eigenvalue weighted by Crippen LogP contribution is 2.12. The standard InChI is InChI=1S/C10H24N2/c1-5-8-12-9-10(6-2,7-3)11-4/h11-12H,5-9H2,1-4H3. The van der Waals surface area contributed by atoms with Gasteiger partial charge in [-0.3, -0.25) is 0 Å². The van der Waals surface area contributed by atoms with Gasteiger partial charge in [-0.05, 0) is 32.9 Å². The Balaban J connectivity index is 3.76. The van der Waals surface area contributed by atoms with Gasteiger partial charge in [0.05, 0.1) is 0 Å². The molecule has 0 atom stereocenters. The van der Waals surface area contributed by atoms with E-state index in [1.54, 1.807) is 0 Å². The fourth-order valence-corrected chi connectivity index (χ4v) is 1.45. The molecule has 0 bridgehead atoms. The summed E-state index contributed by atoms with van der Waals surface area (Å²) in [6.45, 7) is 8.90. The van der Waals surface area contributed by atoms with Crippen LogP contribution >= 0.6 is 0 Å². The van der Waals surface area contributed by atoms with Gasteiger partial charge in [-0.25, -0.2) is 0 Å². The lowest BCUT2D eigenvalue weighted by Crippen LogP contribution is -2.50. The summed E-state index contributed by atoms with van der Waals surface area (Å²) in [5, 5.41) is 6.88. The van der Waals surface area contributed by atoms with Crippen LogP contribution in [0.25, 0.3) is 0 Å². The van der Waals surface area contributed by atoms with Crippen LogP contribution in [0.4, 0.5) is 0 Å². The van der Waals surface area contributed by atoms with Crippen molar-refractivity contribution in [2.75, 3.05) is 20.1 Å². The maximum Gasteiger partial charge on any atom is 0.0298 e. The molecule has 2 nitrogen and oxygen atoms in total. The fourth-order valence-electron chi connectivity index (χ4n) is 1.45. The molecule has 0 aromatic rings. The van der Waals surface area contributed by atoms with Crippen molar-refractivity contribution >= 4 is 0 Å². The Morgan fingerprint density at radius 1 is 1.08 bits per heavy atom. The van der Waals surface area contributed by atoms with E-state index in [4.69, 9.17) is 0 Å². The molecule has 0 fully saturated rings. The van der Waals surface area contributed by atoms with E-state index in [1.165, 1.54) is 19.3 Å². The van der Waals surface area contributed by atoms with Crippen molar-refractivity contribution in [1.82, 2.24) is 10.6 Å². The van der Waals surface area contributed by atoms with E-state index in [-0.39, 0.29) is 0 Å². The zero-order valence-electron chi connectivity index (χ0n) is 9.04. The highest BCUT2D eigenvalue weighted by atomic mass is 15.0. The molecule has 0 aromatic carbocycles. The molecule has 0 unspecified atom stereocenters. The number of likely N-dealkylation sites (N-methyl/N-ethyl adjacent to an activating group) is 1. The van der Waals surface area contributed by atoms with Gasteiger partial charge in [0.25, 0.3) is 0 Å². The summed E-state index contributed by atoms with van der Waals surface area (Å²) in [5.74, 6) is 0. The van der Waals surface area contributed by atoms with E-state index < -0.39 is 0 Å². The van der Waals surface area contributed by atoms with Crippen molar-refractivity contribution in [3.63, 3.8) is 0 Å². The minimum absolute atomic E-state index is 0.315. The van der Waals surface area contributed by atoms with Gasteiger partial charge in [-0.2, -0.15) is 0 Å². The average molecular weight is 172 g/mol. The number of hydrogen-bond acceptors (Lipinski definition) is 2. The molecular weight excluding hydrogens is 148 g/mol. The summed E-state index contributed by atoms with van der Waals surface area (Å²) in [6, 6.07) is 0. The SMILES string of the molecule is CCCNCC(CC)(CC)NC. The van der Waals surface area contributed by atoms with E-state index >= 15 is 0 Å². The minimum Gasteiger partial charge on any atom is -0.315 e. The van der Waals surface area contributed by atoms with Crippen LogP contribution in [0, 0.1) is 0 Å². The van der Waals surface area contributed by atoms with Crippen molar-refractivity contribution < 1.29 is 0 Å². The molecule has 0 aliphatic rings. The van der Waals surface area contributed by atoms with E-state index in [0.717, 1.165) is 13.1 Å².